The van der Waals surface area contributed by atoms with Crippen LogP contribution in [0.15, 0.2) is 72.8 Å². The molecule has 636 valence electrons. The summed E-state index contributed by atoms with van der Waals surface area (Å²) in [7, 11) is 2.53. The number of hydrogen-bond acceptors (Lipinski definition) is 16. The Kier molecular flexibility index (Phi) is 38.7. The first-order chi connectivity index (χ1) is 52.4. The normalized spacial score (nSPS) is 24.4. The zero-order chi connectivity index (χ0) is 86.4. The summed E-state index contributed by atoms with van der Waals surface area (Å²) >= 11 is 0. The highest BCUT2D eigenvalue weighted by atomic mass is 32.2. The van der Waals surface area contributed by atoms with Gasteiger partial charge in [-0.1, -0.05) is 190 Å². The van der Waals surface area contributed by atoms with Crippen LogP contribution >= 0.6 is 0 Å². The maximum atomic E-state index is 16.2. The Labute approximate surface area is 676 Å². The quantitative estimate of drug-likeness (QED) is 0.0352. The van der Waals surface area contributed by atoms with Crippen LogP contribution in [0.25, 0.3) is 0 Å². The number of allylic oxidation sites excluding steroid dienone is 2. The molecule has 1 heterocycles. The van der Waals surface area contributed by atoms with Crippen molar-refractivity contribution in [3.8, 4) is 0 Å². The second kappa shape index (κ2) is 44.2. The fourth-order valence-electron chi connectivity index (χ4n) is 15.4. The van der Waals surface area contributed by atoms with Crippen molar-refractivity contribution in [3.05, 3.63) is 72.8 Å². The van der Waals surface area contributed by atoms with Crippen molar-refractivity contribution in [1.82, 2.24) is 55.6 Å². The number of esters is 1. The summed E-state index contributed by atoms with van der Waals surface area (Å²) in [6.07, 6.45) is 3.80. The van der Waals surface area contributed by atoms with Crippen LogP contribution in [0.4, 0.5) is 0 Å². The molecule has 2 aromatic carbocycles. The monoisotopic (exact) mass is 1620 g/mol. The molecule has 1 aliphatic heterocycles. The van der Waals surface area contributed by atoms with E-state index in [4.69, 9.17) is 9.16 Å². The number of benzene rings is 2. The van der Waals surface area contributed by atoms with Crippen LogP contribution in [0.3, 0.4) is 0 Å². The topological polar surface area (TPSA) is 328 Å². The number of carbonyl (C=O) groups is 12. The van der Waals surface area contributed by atoms with Gasteiger partial charge in [0.25, 0.3) is 8.32 Å². The molecule has 0 aliphatic carbocycles. The lowest BCUT2D eigenvalue weighted by molar-refractivity contribution is -0.164. The highest BCUT2D eigenvalue weighted by Gasteiger charge is 2.52. The second-order valence-corrected chi connectivity index (χ2v) is 40.8. The SMILES string of the molecule is C/C=C/C[C@@H](C)[C@@H](OC(C)=O)[C@H]1C(=O)N[C@@H](CCC)C(=O)N(C)[C@H](CCCO[Si](c2ccccc2)(c2ccccc2)C(C)(C)C)C(=O)N(C)[C@@H]([C@H](C)CS(C)(=O)=O)C(=O)N[C@@H](C(C)C)C(=O)N(C)[C@@H](CC(C)C)C(=O)N[C@@H](C)C(=O)N[C@H](C)C(=O)N(C)[C@@H](CC(C)C)C(=O)N(C)[C@@H](CC(C)C)C(=O)N(C)[C@@H](C(C)C)C(=O)N1C. The predicted octanol–water partition coefficient (Wildman–Crippen LogP) is 6.59. The average molecular weight is 1620 g/mol. The minimum atomic E-state index is -3.93. The number of carbonyl (C=O) groups excluding carboxylic acids is 12. The first-order valence-electron chi connectivity index (χ1n) is 40.2. The Hall–Kier alpha value is -8.05. The van der Waals surface area contributed by atoms with Crippen molar-refractivity contribution >= 4 is 99.5 Å². The number of nitrogens with zero attached hydrogens (tertiary/aromatic N) is 7. The Morgan fingerprint density at radius 1 is 0.513 bits per heavy atom. The summed E-state index contributed by atoms with van der Waals surface area (Å²) in [5.41, 5.74) is 0. The summed E-state index contributed by atoms with van der Waals surface area (Å²) in [6, 6.07) is 4.25. The van der Waals surface area contributed by atoms with Gasteiger partial charge in [-0.15, -0.1) is 0 Å². The summed E-state index contributed by atoms with van der Waals surface area (Å²) in [5, 5.41) is 12.6. The molecule has 3 rings (SSSR count). The fourth-order valence-corrected chi connectivity index (χ4v) is 21.2. The Morgan fingerprint density at radius 3 is 1.40 bits per heavy atom. The molecule has 0 bridgehead atoms. The van der Waals surface area contributed by atoms with E-state index in [9.17, 15) is 27.6 Å². The number of sulfone groups is 1. The molecule has 1 saturated heterocycles. The number of hydrogen-bond donors (Lipinski definition) is 4. The first kappa shape index (κ1) is 99.1. The molecule has 11 amide bonds. The Bertz CT molecular complexity index is 3650. The van der Waals surface area contributed by atoms with Gasteiger partial charge in [-0.3, -0.25) is 57.5 Å². The van der Waals surface area contributed by atoms with Gasteiger partial charge in [-0.2, -0.15) is 0 Å². The minimum Gasteiger partial charge on any atom is -0.459 e. The van der Waals surface area contributed by atoms with Gasteiger partial charge in [-0.25, -0.2) is 8.42 Å². The van der Waals surface area contributed by atoms with Crippen molar-refractivity contribution in [1.29, 1.82) is 0 Å². The number of ether oxygens (including phenoxy) is 1. The van der Waals surface area contributed by atoms with E-state index < -0.39 is 196 Å². The van der Waals surface area contributed by atoms with Crippen LogP contribution in [-0.4, -0.2) is 262 Å². The van der Waals surface area contributed by atoms with Crippen molar-refractivity contribution < 1.29 is 75.1 Å². The van der Waals surface area contributed by atoms with E-state index in [1.54, 1.807) is 60.6 Å². The van der Waals surface area contributed by atoms with Crippen LogP contribution in [-0.2, 0) is 76.5 Å². The minimum absolute atomic E-state index is 0.0346. The Morgan fingerprint density at radius 2 is 0.947 bits per heavy atom. The van der Waals surface area contributed by atoms with Gasteiger partial charge in [0.2, 0.25) is 65.0 Å². The largest absolute Gasteiger partial charge is 0.459 e. The van der Waals surface area contributed by atoms with E-state index in [1.807, 2.05) is 102 Å². The van der Waals surface area contributed by atoms with Gasteiger partial charge < -0.3 is 64.7 Å². The maximum absolute atomic E-state index is 16.2. The molecular weight excluding hydrogens is 1480 g/mol. The smallest absolute Gasteiger partial charge is 0.303 e. The summed E-state index contributed by atoms with van der Waals surface area (Å²) in [5.74, 6) is -14.0. The van der Waals surface area contributed by atoms with Gasteiger partial charge in [-0.05, 0) is 123 Å². The molecule has 0 spiro atoms. The maximum Gasteiger partial charge on any atom is 0.303 e. The van der Waals surface area contributed by atoms with Crippen LogP contribution in [0, 0.1) is 41.4 Å². The van der Waals surface area contributed by atoms with E-state index in [1.165, 1.54) is 94.6 Å². The number of nitrogens with one attached hydrogen (secondary N) is 4. The summed E-state index contributed by atoms with van der Waals surface area (Å²) in [4.78, 5) is 191. The van der Waals surface area contributed by atoms with Gasteiger partial charge >= 0.3 is 5.97 Å². The average Bonchev–Trinajstić information content (AvgIpc) is 0.761. The van der Waals surface area contributed by atoms with Crippen molar-refractivity contribution in [2.45, 2.75) is 267 Å². The standard InChI is InChI=1S/C84H139N11O16SSi/c1-29-31-40-56(13)72(111-60(17)96)71-76(100)87-63(39-30-2)78(102)89(21)64(45-38-46-110-113(84(18,19)20,61-41-34-32-35-42-61)62-43-36-33-37-44-62)79(103)94(26)70(57(14)50-112(28,108)109)75(99)88-68(54(9)10)82(106)90(22)65(47-51(3)4)74(98)85-58(15)73(97)86-59(16)77(101)91(23)66(48-52(5)6)80(104)92(24)67(49-53(7)8)81(105)93(25)69(55(11)12)83(107)95(71)27/h29,31-37,41-44,51-59,63-72H,30,38-40,45-50H2,1-28H3,(H,85,98)(H,86,97)(H,87,100)(H,88,99)/b31-29+/t56-,57-,58+,59-,63+,64-,65+,66+,67+,68+,69+,70+,71+,72-/m1/s1. The summed E-state index contributed by atoms with van der Waals surface area (Å²) < 4.78 is 40.3. The van der Waals surface area contributed by atoms with Gasteiger partial charge in [0.05, 0.1) is 5.75 Å². The summed E-state index contributed by atoms with van der Waals surface area (Å²) in [6.45, 7) is 34.9. The zero-order valence-electron chi connectivity index (χ0n) is 73.0. The number of amides is 11. The van der Waals surface area contributed by atoms with E-state index in [-0.39, 0.29) is 75.7 Å². The molecule has 1 aliphatic rings. The van der Waals surface area contributed by atoms with Gasteiger partial charge in [0.1, 0.15) is 82.4 Å². The van der Waals surface area contributed by atoms with Crippen LogP contribution < -0.4 is 31.6 Å². The second-order valence-electron chi connectivity index (χ2n) is 34.3. The molecule has 4 N–H and O–H groups in total. The lowest BCUT2D eigenvalue weighted by Gasteiger charge is -2.43. The molecule has 14 atom stereocenters. The van der Waals surface area contributed by atoms with E-state index in [2.05, 4.69) is 42.0 Å². The third-order valence-corrected chi connectivity index (χ3v) is 27.7. The third-order valence-electron chi connectivity index (χ3n) is 21.5. The fraction of sp³-hybridized carbons (Fsp3) is 0.690. The van der Waals surface area contributed by atoms with Crippen molar-refractivity contribution in [2.75, 3.05) is 67.9 Å². The lowest BCUT2D eigenvalue weighted by atomic mass is 9.91. The lowest BCUT2D eigenvalue weighted by Crippen LogP contribution is -2.66. The molecule has 0 saturated carbocycles. The van der Waals surface area contributed by atoms with E-state index in [0.29, 0.717) is 0 Å². The molecule has 0 radical (unpaired) electrons. The van der Waals surface area contributed by atoms with Crippen molar-refractivity contribution in [3.63, 3.8) is 0 Å². The van der Waals surface area contributed by atoms with Crippen molar-refractivity contribution in [2.24, 2.45) is 41.4 Å². The molecule has 113 heavy (non-hydrogen) atoms. The molecule has 1 fully saturated rings. The number of likely N-dealkylation sites (N-methyl/N-ethyl adjacent to an activating group) is 7. The molecule has 0 aromatic heterocycles. The van der Waals surface area contributed by atoms with E-state index >= 15 is 38.4 Å². The van der Waals surface area contributed by atoms with E-state index in [0.717, 1.165) is 33.4 Å². The molecule has 27 nitrogen and oxygen atoms in total. The highest BCUT2D eigenvalue weighted by molar-refractivity contribution is 7.90. The molecule has 0 unspecified atom stereocenters. The Balaban J connectivity index is 2.62. The first-order valence-corrected chi connectivity index (χ1v) is 44.1. The third kappa shape index (κ3) is 26.8. The van der Waals surface area contributed by atoms with Crippen LogP contribution in [0.1, 0.15) is 190 Å². The predicted molar refractivity (Wildman–Crippen MR) is 444 cm³/mol. The van der Waals surface area contributed by atoms with Crippen LogP contribution in [0.2, 0.25) is 5.04 Å². The van der Waals surface area contributed by atoms with Gasteiger partial charge in [0, 0.05) is 69.1 Å². The van der Waals surface area contributed by atoms with Crippen LogP contribution in [0.5, 0.6) is 0 Å². The van der Waals surface area contributed by atoms with Gasteiger partial charge in [0.15, 0.2) is 0 Å². The highest BCUT2D eigenvalue weighted by Crippen LogP contribution is 2.37. The molecule has 2 aromatic rings. The zero-order valence-corrected chi connectivity index (χ0v) is 74.9. The molecular formula is C84H139N11O16SSi. The number of rotatable bonds is 25. The molecule has 29 heteroatoms.